The van der Waals surface area contributed by atoms with Crippen LogP contribution in [0.3, 0.4) is 0 Å². The standard InChI is InChI=1S/C25H27N7O3/c33-25(34)32(23-12-21-15-35-9-8-30(21)29-23)22-11-19(14-31-24(22)27-16-28-31)18-6-7-20(10-18)26-13-17-4-2-1-3-5-17/h1-5,11-12,14,16,18,20,26H,6-10,13,15H2,(H,33,34). The van der Waals surface area contributed by atoms with E-state index in [1.807, 2.05) is 18.3 Å². The van der Waals surface area contributed by atoms with Gasteiger partial charge in [-0.2, -0.15) is 10.2 Å². The van der Waals surface area contributed by atoms with Crippen LogP contribution in [0.1, 0.15) is 42.0 Å². The number of carbonyl (C=O) groups is 1. The third kappa shape index (κ3) is 4.26. The number of aromatic nitrogens is 5. The highest BCUT2D eigenvalue weighted by atomic mass is 16.5. The molecular weight excluding hydrogens is 446 g/mol. The Hall–Kier alpha value is -3.76. The first kappa shape index (κ1) is 21.8. The third-order valence-electron chi connectivity index (χ3n) is 6.93. The molecule has 2 atom stereocenters. The number of hydrogen-bond acceptors (Lipinski definition) is 6. The van der Waals surface area contributed by atoms with Crippen molar-refractivity contribution in [2.45, 2.75) is 50.9 Å². The van der Waals surface area contributed by atoms with Crippen molar-refractivity contribution in [2.24, 2.45) is 0 Å². The van der Waals surface area contributed by atoms with E-state index in [0.717, 1.165) is 37.1 Å². The molecule has 180 valence electrons. The van der Waals surface area contributed by atoms with Gasteiger partial charge in [0.05, 0.1) is 31.1 Å². The molecule has 35 heavy (non-hydrogen) atoms. The monoisotopic (exact) mass is 473 g/mol. The topological polar surface area (TPSA) is 110 Å². The van der Waals surface area contributed by atoms with Crippen LogP contribution in [0.2, 0.25) is 0 Å². The van der Waals surface area contributed by atoms with Crippen LogP contribution in [0.5, 0.6) is 0 Å². The summed E-state index contributed by atoms with van der Waals surface area (Å²) in [5.41, 5.74) is 4.13. The van der Waals surface area contributed by atoms with Crippen LogP contribution in [0.4, 0.5) is 16.3 Å². The van der Waals surface area contributed by atoms with Gasteiger partial charge in [0.15, 0.2) is 11.5 Å². The molecule has 2 aliphatic rings. The predicted octanol–water partition coefficient (Wildman–Crippen LogP) is 3.70. The lowest BCUT2D eigenvalue weighted by Crippen LogP contribution is -2.26. The molecule has 0 spiro atoms. The maximum atomic E-state index is 12.5. The SMILES string of the molecule is O=C(O)N(c1cc2n(n1)CCOC2)c1cc(C2CCC(NCc3ccccc3)C2)cn2ncnc12. The van der Waals surface area contributed by atoms with Gasteiger partial charge in [0, 0.05) is 24.8 Å². The van der Waals surface area contributed by atoms with Crippen molar-refractivity contribution in [3.8, 4) is 0 Å². The van der Waals surface area contributed by atoms with Crippen LogP contribution in [-0.4, -0.2) is 48.2 Å². The van der Waals surface area contributed by atoms with E-state index in [4.69, 9.17) is 4.74 Å². The lowest BCUT2D eigenvalue weighted by molar-refractivity contribution is 0.0801. The van der Waals surface area contributed by atoms with Crippen molar-refractivity contribution in [1.29, 1.82) is 0 Å². The van der Waals surface area contributed by atoms with E-state index >= 15 is 0 Å². The number of anilines is 2. The van der Waals surface area contributed by atoms with Crippen molar-refractivity contribution >= 4 is 23.2 Å². The molecule has 2 N–H and O–H groups in total. The summed E-state index contributed by atoms with van der Waals surface area (Å²) >= 11 is 0. The molecule has 0 radical (unpaired) electrons. The van der Waals surface area contributed by atoms with E-state index in [9.17, 15) is 9.90 Å². The largest absolute Gasteiger partial charge is 0.464 e. The number of pyridine rings is 1. The second-order valence-electron chi connectivity index (χ2n) is 9.15. The number of rotatable bonds is 6. The Morgan fingerprint density at radius 3 is 2.94 bits per heavy atom. The second-order valence-corrected chi connectivity index (χ2v) is 9.15. The van der Waals surface area contributed by atoms with Gasteiger partial charge in [-0.3, -0.25) is 4.68 Å². The van der Waals surface area contributed by atoms with E-state index in [1.165, 1.54) is 16.8 Å². The van der Waals surface area contributed by atoms with Crippen LogP contribution in [0.25, 0.3) is 5.65 Å². The molecule has 4 heterocycles. The summed E-state index contributed by atoms with van der Waals surface area (Å²) in [7, 11) is 0. The first-order valence-electron chi connectivity index (χ1n) is 11.9. The molecule has 2 unspecified atom stereocenters. The number of nitrogens with one attached hydrogen (secondary N) is 1. The van der Waals surface area contributed by atoms with E-state index in [1.54, 1.807) is 15.3 Å². The zero-order valence-corrected chi connectivity index (χ0v) is 19.2. The number of fused-ring (bicyclic) bond motifs is 2. The maximum Gasteiger partial charge on any atom is 0.417 e. The summed E-state index contributed by atoms with van der Waals surface area (Å²) in [5.74, 6) is 0.642. The lowest BCUT2D eigenvalue weighted by atomic mass is 9.98. The molecule has 4 aromatic rings. The third-order valence-corrected chi connectivity index (χ3v) is 6.93. The number of nitrogens with zero attached hydrogens (tertiary/aromatic N) is 6. The van der Waals surface area contributed by atoms with Gasteiger partial charge in [-0.05, 0) is 42.4 Å². The molecule has 6 rings (SSSR count). The predicted molar refractivity (Wildman–Crippen MR) is 129 cm³/mol. The normalized spacial score (nSPS) is 19.7. The van der Waals surface area contributed by atoms with Crippen LogP contribution in [0.15, 0.2) is 55.0 Å². The van der Waals surface area contributed by atoms with Crippen LogP contribution in [-0.2, 0) is 24.4 Å². The minimum atomic E-state index is -1.11. The van der Waals surface area contributed by atoms with Gasteiger partial charge < -0.3 is 15.2 Å². The average Bonchev–Trinajstić information content (AvgIpc) is 3.62. The molecule has 1 aliphatic heterocycles. The zero-order valence-electron chi connectivity index (χ0n) is 19.2. The summed E-state index contributed by atoms with van der Waals surface area (Å²) in [4.78, 5) is 18.0. The molecular formula is C25H27N7O3. The summed E-state index contributed by atoms with van der Waals surface area (Å²) in [6, 6.07) is 14.5. The van der Waals surface area contributed by atoms with Gasteiger partial charge in [0.25, 0.3) is 0 Å². The number of benzene rings is 1. The molecule has 1 aliphatic carbocycles. The van der Waals surface area contributed by atoms with Crippen molar-refractivity contribution in [1.82, 2.24) is 29.7 Å². The molecule has 0 bridgehead atoms. The fraction of sp³-hybridized carbons (Fsp3) is 0.360. The van der Waals surface area contributed by atoms with E-state index in [2.05, 4.69) is 44.8 Å². The van der Waals surface area contributed by atoms with Gasteiger partial charge in [0.2, 0.25) is 0 Å². The summed E-state index contributed by atoms with van der Waals surface area (Å²) in [6.07, 6.45) is 5.39. The number of carboxylic acid groups (broad SMARTS) is 1. The molecule has 1 saturated carbocycles. The van der Waals surface area contributed by atoms with Gasteiger partial charge in [-0.25, -0.2) is 19.2 Å². The number of ether oxygens (including phenoxy) is 1. The molecule has 10 nitrogen and oxygen atoms in total. The summed E-state index contributed by atoms with van der Waals surface area (Å²) in [6.45, 7) is 2.42. The summed E-state index contributed by atoms with van der Waals surface area (Å²) in [5, 5.41) is 22.7. The zero-order chi connectivity index (χ0) is 23.8. The fourth-order valence-electron chi connectivity index (χ4n) is 5.16. The molecule has 3 aromatic heterocycles. The van der Waals surface area contributed by atoms with Gasteiger partial charge in [0.1, 0.15) is 6.33 Å². The Morgan fingerprint density at radius 2 is 2.11 bits per heavy atom. The number of hydrogen-bond donors (Lipinski definition) is 2. The highest BCUT2D eigenvalue weighted by Crippen LogP contribution is 2.38. The highest BCUT2D eigenvalue weighted by molar-refractivity contribution is 5.97. The fourth-order valence-corrected chi connectivity index (χ4v) is 5.16. The van der Waals surface area contributed by atoms with Crippen molar-refractivity contribution in [3.63, 3.8) is 0 Å². The minimum Gasteiger partial charge on any atom is -0.464 e. The maximum absolute atomic E-state index is 12.5. The summed E-state index contributed by atoms with van der Waals surface area (Å²) < 4.78 is 8.97. The van der Waals surface area contributed by atoms with Crippen LogP contribution in [0, 0.1) is 0 Å². The smallest absolute Gasteiger partial charge is 0.417 e. The lowest BCUT2D eigenvalue weighted by Gasteiger charge is -2.20. The van der Waals surface area contributed by atoms with Crippen LogP contribution >= 0.6 is 0 Å². The van der Waals surface area contributed by atoms with Gasteiger partial charge in [-0.1, -0.05) is 30.3 Å². The molecule has 1 amide bonds. The Labute approximate surface area is 202 Å². The van der Waals surface area contributed by atoms with Crippen LogP contribution < -0.4 is 10.2 Å². The Morgan fingerprint density at radius 1 is 1.23 bits per heavy atom. The van der Waals surface area contributed by atoms with Gasteiger partial charge in [-0.15, -0.1) is 0 Å². The van der Waals surface area contributed by atoms with E-state index in [0.29, 0.717) is 48.9 Å². The average molecular weight is 474 g/mol. The Balaban J connectivity index is 1.28. The first-order valence-corrected chi connectivity index (χ1v) is 11.9. The quantitative estimate of drug-likeness (QED) is 0.439. The second kappa shape index (κ2) is 9.12. The molecule has 1 aromatic carbocycles. The van der Waals surface area contributed by atoms with E-state index in [-0.39, 0.29) is 0 Å². The van der Waals surface area contributed by atoms with Gasteiger partial charge >= 0.3 is 6.09 Å². The Bertz CT molecular complexity index is 1330. The molecule has 0 saturated heterocycles. The highest BCUT2D eigenvalue weighted by Gasteiger charge is 2.30. The van der Waals surface area contributed by atoms with Crippen molar-refractivity contribution in [3.05, 3.63) is 71.8 Å². The Kier molecular flexibility index (Phi) is 5.67. The van der Waals surface area contributed by atoms with Crippen molar-refractivity contribution in [2.75, 3.05) is 11.5 Å². The van der Waals surface area contributed by atoms with E-state index < -0.39 is 6.09 Å². The first-order chi connectivity index (χ1) is 17.2. The molecule has 10 heteroatoms. The number of amides is 1. The molecule has 1 fully saturated rings. The van der Waals surface area contributed by atoms with Crippen molar-refractivity contribution < 1.29 is 14.6 Å². The minimum absolute atomic E-state index is 0.301.